The molecule has 2 aromatic heterocycles. The molecule has 0 aromatic carbocycles. The molecular formula is C21H27N5O. The average molecular weight is 365 g/mol. The zero-order valence-corrected chi connectivity index (χ0v) is 15.8. The van der Waals surface area contributed by atoms with Gasteiger partial charge in [-0.1, -0.05) is 6.42 Å². The van der Waals surface area contributed by atoms with E-state index < -0.39 is 0 Å². The Morgan fingerprint density at radius 1 is 1.07 bits per heavy atom. The van der Waals surface area contributed by atoms with Gasteiger partial charge >= 0.3 is 0 Å². The number of pyridine rings is 1. The first-order chi connectivity index (χ1) is 13.3. The number of carbonyl (C=O) groups excluding carboxylic acids is 1. The number of fused-ring (bicyclic) bond motifs is 2. The van der Waals surface area contributed by atoms with Crippen molar-refractivity contribution in [2.75, 3.05) is 31.1 Å². The molecule has 6 nitrogen and oxygen atoms in total. The third-order valence-corrected chi connectivity index (χ3v) is 6.87. The maximum absolute atomic E-state index is 12.8. The lowest BCUT2D eigenvalue weighted by atomic mass is 9.93. The molecule has 27 heavy (non-hydrogen) atoms. The van der Waals surface area contributed by atoms with E-state index in [-0.39, 0.29) is 0 Å². The lowest BCUT2D eigenvalue weighted by molar-refractivity contribution is -0.131. The Hall–Kier alpha value is -2.24. The van der Waals surface area contributed by atoms with E-state index in [1.54, 1.807) is 18.7 Å². The summed E-state index contributed by atoms with van der Waals surface area (Å²) in [6.45, 7) is 3.95. The molecule has 2 unspecified atom stereocenters. The summed E-state index contributed by atoms with van der Waals surface area (Å²) in [4.78, 5) is 30.2. The second-order valence-corrected chi connectivity index (χ2v) is 8.47. The van der Waals surface area contributed by atoms with Gasteiger partial charge in [0.1, 0.15) is 12.1 Å². The van der Waals surface area contributed by atoms with Crippen LogP contribution in [-0.2, 0) is 4.79 Å². The van der Waals surface area contributed by atoms with Gasteiger partial charge in [0.25, 0.3) is 0 Å². The second-order valence-electron chi connectivity index (χ2n) is 8.47. The fourth-order valence-electron chi connectivity index (χ4n) is 5.31. The molecule has 0 radical (unpaired) electrons. The smallest absolute Gasteiger partial charge is 0.222 e. The van der Waals surface area contributed by atoms with Gasteiger partial charge in [-0.05, 0) is 49.5 Å². The van der Waals surface area contributed by atoms with Gasteiger partial charge in [-0.2, -0.15) is 0 Å². The van der Waals surface area contributed by atoms with Crippen molar-refractivity contribution in [3.63, 3.8) is 0 Å². The standard InChI is InChI=1S/C21H27N5O/c27-20(26-12-16-2-1-3-17(16)13-26)10-15-5-8-25(9-6-15)21-18-4-7-22-11-19(18)23-14-24-21/h4,7,11,14-17H,1-3,5-6,8-10,12-13H2. The summed E-state index contributed by atoms with van der Waals surface area (Å²) in [5, 5.41) is 1.06. The van der Waals surface area contributed by atoms with Crippen molar-refractivity contribution >= 4 is 22.6 Å². The predicted octanol–water partition coefficient (Wildman–Crippen LogP) is 2.89. The molecule has 5 rings (SSSR count). The number of hydrogen-bond acceptors (Lipinski definition) is 5. The fourth-order valence-corrected chi connectivity index (χ4v) is 5.31. The number of aromatic nitrogens is 3. The molecule has 3 fully saturated rings. The van der Waals surface area contributed by atoms with Crippen molar-refractivity contribution < 1.29 is 4.79 Å². The average Bonchev–Trinajstić information content (AvgIpc) is 3.30. The van der Waals surface area contributed by atoms with Crippen molar-refractivity contribution in [3.8, 4) is 0 Å². The van der Waals surface area contributed by atoms with Crippen LogP contribution in [0.15, 0.2) is 24.8 Å². The van der Waals surface area contributed by atoms with E-state index in [1.165, 1.54) is 19.3 Å². The Bertz CT molecular complexity index is 815. The molecule has 2 saturated heterocycles. The molecular weight excluding hydrogens is 338 g/mol. The van der Waals surface area contributed by atoms with E-state index in [0.29, 0.717) is 11.8 Å². The minimum Gasteiger partial charge on any atom is -0.356 e. The Kier molecular flexibility index (Phi) is 4.42. The quantitative estimate of drug-likeness (QED) is 0.837. The predicted molar refractivity (Wildman–Crippen MR) is 104 cm³/mol. The first-order valence-electron chi connectivity index (χ1n) is 10.4. The molecule has 1 saturated carbocycles. The van der Waals surface area contributed by atoms with E-state index >= 15 is 0 Å². The summed E-state index contributed by atoms with van der Waals surface area (Å²) >= 11 is 0. The Morgan fingerprint density at radius 2 is 1.85 bits per heavy atom. The van der Waals surface area contributed by atoms with Gasteiger partial charge in [0, 0.05) is 44.2 Å². The molecule has 6 heteroatoms. The van der Waals surface area contributed by atoms with Crippen LogP contribution in [0, 0.1) is 17.8 Å². The monoisotopic (exact) mass is 365 g/mol. The number of carbonyl (C=O) groups is 1. The first-order valence-corrected chi connectivity index (χ1v) is 10.4. The summed E-state index contributed by atoms with van der Waals surface area (Å²) in [5.41, 5.74) is 0.888. The van der Waals surface area contributed by atoms with Crippen LogP contribution < -0.4 is 4.90 Å². The lowest BCUT2D eigenvalue weighted by Gasteiger charge is -2.33. The Morgan fingerprint density at radius 3 is 2.63 bits per heavy atom. The van der Waals surface area contributed by atoms with Gasteiger partial charge in [0.05, 0.1) is 11.7 Å². The molecule has 0 N–H and O–H groups in total. The lowest BCUT2D eigenvalue weighted by Crippen LogP contribution is -2.37. The van der Waals surface area contributed by atoms with Gasteiger partial charge in [0.2, 0.25) is 5.91 Å². The van der Waals surface area contributed by atoms with E-state index in [0.717, 1.165) is 74.0 Å². The Labute approximate surface area is 160 Å². The van der Waals surface area contributed by atoms with Gasteiger partial charge in [-0.25, -0.2) is 9.97 Å². The summed E-state index contributed by atoms with van der Waals surface area (Å²) in [7, 11) is 0. The van der Waals surface area contributed by atoms with Crippen molar-refractivity contribution in [1.82, 2.24) is 19.9 Å². The van der Waals surface area contributed by atoms with Crippen molar-refractivity contribution in [3.05, 3.63) is 24.8 Å². The normalized spacial score (nSPS) is 25.9. The van der Waals surface area contributed by atoms with Gasteiger partial charge in [-0.15, -0.1) is 0 Å². The first kappa shape index (κ1) is 16.9. The highest BCUT2D eigenvalue weighted by atomic mass is 16.2. The van der Waals surface area contributed by atoms with Crippen LogP contribution in [0.2, 0.25) is 0 Å². The number of anilines is 1. The van der Waals surface area contributed by atoms with Crippen molar-refractivity contribution in [2.45, 2.75) is 38.5 Å². The van der Waals surface area contributed by atoms with Crippen LogP contribution in [0.25, 0.3) is 10.9 Å². The highest BCUT2D eigenvalue weighted by Crippen LogP contribution is 2.38. The van der Waals surface area contributed by atoms with Crippen molar-refractivity contribution in [1.29, 1.82) is 0 Å². The number of rotatable bonds is 3. The summed E-state index contributed by atoms with van der Waals surface area (Å²) in [6, 6.07) is 1.99. The minimum absolute atomic E-state index is 0.390. The minimum atomic E-state index is 0.390. The number of amides is 1. The van der Waals surface area contributed by atoms with E-state index in [1.807, 2.05) is 6.07 Å². The molecule has 1 aliphatic carbocycles. The van der Waals surface area contributed by atoms with Crippen LogP contribution in [-0.4, -0.2) is 51.9 Å². The molecule has 2 atom stereocenters. The largest absolute Gasteiger partial charge is 0.356 e. The zero-order valence-electron chi connectivity index (χ0n) is 15.8. The van der Waals surface area contributed by atoms with Crippen LogP contribution in [0.4, 0.5) is 5.82 Å². The maximum atomic E-state index is 12.8. The van der Waals surface area contributed by atoms with Gasteiger partial charge < -0.3 is 9.80 Å². The number of hydrogen-bond donors (Lipinski definition) is 0. The SMILES string of the molecule is O=C(CC1CCN(c2ncnc3cnccc23)CC1)N1CC2CCCC2C1. The zero-order chi connectivity index (χ0) is 18.2. The van der Waals surface area contributed by atoms with Crippen molar-refractivity contribution in [2.24, 2.45) is 17.8 Å². The summed E-state index contributed by atoms with van der Waals surface area (Å²) in [6.07, 6.45) is 12.1. The highest BCUT2D eigenvalue weighted by Gasteiger charge is 2.38. The van der Waals surface area contributed by atoms with E-state index in [4.69, 9.17) is 0 Å². The van der Waals surface area contributed by atoms with Crippen LogP contribution >= 0.6 is 0 Å². The van der Waals surface area contributed by atoms with Crippen LogP contribution in [0.5, 0.6) is 0 Å². The molecule has 4 heterocycles. The topological polar surface area (TPSA) is 62.2 Å². The van der Waals surface area contributed by atoms with Gasteiger partial charge in [0.15, 0.2) is 0 Å². The van der Waals surface area contributed by atoms with Gasteiger partial charge in [-0.3, -0.25) is 9.78 Å². The molecule has 1 amide bonds. The van der Waals surface area contributed by atoms with E-state index in [2.05, 4.69) is 24.8 Å². The van der Waals surface area contributed by atoms with E-state index in [9.17, 15) is 4.79 Å². The number of piperidine rings is 1. The third-order valence-electron chi connectivity index (χ3n) is 6.87. The number of nitrogens with zero attached hydrogens (tertiary/aromatic N) is 5. The van der Waals surface area contributed by atoms with Crippen LogP contribution in [0.3, 0.4) is 0 Å². The molecule has 0 spiro atoms. The summed E-state index contributed by atoms with van der Waals surface area (Å²) < 4.78 is 0. The fraction of sp³-hybridized carbons (Fsp3) is 0.619. The molecule has 3 aliphatic rings. The molecule has 2 aliphatic heterocycles. The highest BCUT2D eigenvalue weighted by molar-refractivity contribution is 5.88. The van der Waals surface area contributed by atoms with Crippen LogP contribution in [0.1, 0.15) is 38.5 Å². The Balaban J connectivity index is 1.19. The molecule has 2 aromatic rings. The third kappa shape index (κ3) is 3.26. The number of likely N-dealkylation sites (tertiary alicyclic amines) is 1. The summed E-state index contributed by atoms with van der Waals surface area (Å²) in [5.74, 6) is 3.47. The molecule has 142 valence electrons. The second kappa shape index (κ2) is 7.06. The maximum Gasteiger partial charge on any atom is 0.222 e. The molecule has 0 bridgehead atoms.